The molecule has 2 aromatic rings. The first-order valence-corrected chi connectivity index (χ1v) is 8.10. The number of hydrogen-bond acceptors (Lipinski definition) is 3. The van der Waals surface area contributed by atoms with E-state index in [1.54, 1.807) is 36.4 Å². The van der Waals surface area contributed by atoms with Crippen LogP contribution < -0.4 is 5.32 Å². The zero-order valence-corrected chi connectivity index (χ0v) is 14.7. The molecular formula is C17H15BrClNO3. The van der Waals surface area contributed by atoms with Gasteiger partial charge >= 0.3 is 5.97 Å². The maximum atomic E-state index is 11.9. The van der Waals surface area contributed by atoms with E-state index in [9.17, 15) is 9.59 Å². The maximum absolute atomic E-state index is 11.9. The smallest absolute Gasteiger partial charge is 0.338 e. The van der Waals surface area contributed by atoms with E-state index in [4.69, 9.17) is 16.3 Å². The molecule has 0 saturated heterocycles. The number of hydrogen-bond donors (Lipinski definition) is 1. The number of carbonyl (C=O) groups is 2. The fraction of sp³-hybridized carbons (Fsp3) is 0.176. The molecular weight excluding hydrogens is 382 g/mol. The van der Waals surface area contributed by atoms with Crippen molar-refractivity contribution in [1.29, 1.82) is 0 Å². The molecule has 0 aliphatic heterocycles. The minimum absolute atomic E-state index is 0.229. The highest BCUT2D eigenvalue weighted by Gasteiger charge is 2.13. The molecule has 0 fully saturated rings. The molecule has 120 valence electrons. The molecule has 0 saturated carbocycles. The number of rotatable bonds is 5. The monoisotopic (exact) mass is 395 g/mol. The van der Waals surface area contributed by atoms with Crippen LogP contribution in [0.2, 0.25) is 5.02 Å². The molecule has 23 heavy (non-hydrogen) atoms. The van der Waals surface area contributed by atoms with Crippen molar-refractivity contribution in [2.45, 2.75) is 13.0 Å². The van der Waals surface area contributed by atoms with Gasteiger partial charge in [-0.3, -0.25) is 4.79 Å². The summed E-state index contributed by atoms with van der Waals surface area (Å²) in [6, 6.07) is 13.7. The topological polar surface area (TPSA) is 55.4 Å². The first-order valence-electron chi connectivity index (χ1n) is 6.93. The Bertz CT molecular complexity index is 703. The lowest BCUT2D eigenvalue weighted by molar-refractivity contribution is -0.124. The van der Waals surface area contributed by atoms with E-state index < -0.39 is 5.97 Å². The van der Waals surface area contributed by atoms with Crippen LogP contribution in [0.4, 0.5) is 0 Å². The molecule has 1 N–H and O–H groups in total. The van der Waals surface area contributed by atoms with Crippen molar-refractivity contribution in [3.63, 3.8) is 0 Å². The average Bonchev–Trinajstić information content (AvgIpc) is 2.53. The van der Waals surface area contributed by atoms with Crippen molar-refractivity contribution >= 4 is 39.4 Å². The Labute approximate surface area is 147 Å². The number of esters is 1. The number of halogens is 2. The number of nitrogens with one attached hydrogen (secondary N) is 1. The zero-order valence-electron chi connectivity index (χ0n) is 12.4. The summed E-state index contributed by atoms with van der Waals surface area (Å²) in [5.74, 6) is -0.911. The van der Waals surface area contributed by atoms with Gasteiger partial charge in [-0.1, -0.05) is 39.7 Å². The van der Waals surface area contributed by atoms with Gasteiger partial charge in [0.15, 0.2) is 6.61 Å². The van der Waals surface area contributed by atoms with Crippen LogP contribution in [0.15, 0.2) is 53.0 Å². The van der Waals surface area contributed by atoms with Gasteiger partial charge in [-0.2, -0.15) is 0 Å². The van der Waals surface area contributed by atoms with E-state index in [2.05, 4.69) is 21.2 Å². The lowest BCUT2D eigenvalue weighted by atomic mass is 10.1. The maximum Gasteiger partial charge on any atom is 0.338 e. The third-order valence-electron chi connectivity index (χ3n) is 3.14. The fourth-order valence-corrected chi connectivity index (χ4v) is 2.41. The second-order valence-electron chi connectivity index (χ2n) is 4.93. The van der Waals surface area contributed by atoms with Crippen LogP contribution in [-0.4, -0.2) is 18.5 Å². The van der Waals surface area contributed by atoms with Crippen molar-refractivity contribution in [3.05, 3.63) is 69.2 Å². The van der Waals surface area contributed by atoms with Crippen molar-refractivity contribution < 1.29 is 14.3 Å². The lowest BCUT2D eigenvalue weighted by Crippen LogP contribution is -2.31. The summed E-state index contributed by atoms with van der Waals surface area (Å²) in [7, 11) is 0. The van der Waals surface area contributed by atoms with Gasteiger partial charge in [0.05, 0.1) is 11.6 Å². The van der Waals surface area contributed by atoms with Crippen molar-refractivity contribution in [2.24, 2.45) is 0 Å². The predicted molar refractivity (Wildman–Crippen MR) is 92.4 cm³/mol. The second kappa shape index (κ2) is 8.13. The van der Waals surface area contributed by atoms with E-state index in [-0.39, 0.29) is 18.6 Å². The highest BCUT2D eigenvalue weighted by molar-refractivity contribution is 9.10. The summed E-state index contributed by atoms with van der Waals surface area (Å²) in [6.45, 7) is 1.50. The van der Waals surface area contributed by atoms with Crippen LogP contribution in [0.1, 0.15) is 28.9 Å². The molecule has 0 radical (unpaired) electrons. The molecule has 0 unspecified atom stereocenters. The Morgan fingerprint density at radius 2 is 1.91 bits per heavy atom. The summed E-state index contributed by atoms with van der Waals surface area (Å²) in [5.41, 5.74) is 1.27. The van der Waals surface area contributed by atoms with Gasteiger partial charge in [0, 0.05) is 9.50 Å². The highest BCUT2D eigenvalue weighted by atomic mass is 79.9. The molecule has 2 aromatic carbocycles. The van der Waals surface area contributed by atoms with Crippen LogP contribution in [0.3, 0.4) is 0 Å². The van der Waals surface area contributed by atoms with Gasteiger partial charge in [0.1, 0.15) is 0 Å². The Balaban J connectivity index is 1.85. The summed E-state index contributed by atoms with van der Waals surface area (Å²) in [4.78, 5) is 23.7. The van der Waals surface area contributed by atoms with Gasteiger partial charge in [-0.15, -0.1) is 0 Å². The van der Waals surface area contributed by atoms with E-state index in [1.807, 2.05) is 19.1 Å². The largest absolute Gasteiger partial charge is 0.452 e. The zero-order chi connectivity index (χ0) is 16.8. The summed E-state index contributed by atoms with van der Waals surface area (Å²) in [5, 5.41) is 3.36. The Kier molecular flexibility index (Phi) is 6.19. The first-order chi connectivity index (χ1) is 11.0. The molecule has 1 atom stereocenters. The van der Waals surface area contributed by atoms with Crippen molar-refractivity contribution in [1.82, 2.24) is 5.32 Å². The number of ether oxygens (including phenoxy) is 1. The van der Waals surface area contributed by atoms with Gasteiger partial charge in [0.25, 0.3) is 5.91 Å². The van der Waals surface area contributed by atoms with Crippen molar-refractivity contribution in [2.75, 3.05) is 6.61 Å². The number of carbonyl (C=O) groups excluding carboxylic acids is 2. The van der Waals surface area contributed by atoms with Crippen molar-refractivity contribution in [3.8, 4) is 0 Å². The minimum Gasteiger partial charge on any atom is -0.452 e. The standard InChI is InChI=1S/C17H15BrClNO3/c1-11(13-3-2-4-15(19)9-13)20-16(21)10-23-17(22)12-5-7-14(18)8-6-12/h2-9,11H,10H2,1H3,(H,20,21)/t11-/m1/s1. The molecule has 0 aliphatic carbocycles. The third-order valence-corrected chi connectivity index (χ3v) is 3.90. The number of benzene rings is 2. The fourth-order valence-electron chi connectivity index (χ4n) is 1.94. The van der Waals surface area contributed by atoms with Crippen LogP contribution in [0.25, 0.3) is 0 Å². The van der Waals surface area contributed by atoms with Crippen LogP contribution in [-0.2, 0) is 9.53 Å². The molecule has 0 bridgehead atoms. The van der Waals surface area contributed by atoms with Gasteiger partial charge < -0.3 is 10.1 Å². The second-order valence-corrected chi connectivity index (χ2v) is 6.28. The van der Waals surface area contributed by atoms with E-state index in [0.29, 0.717) is 10.6 Å². The molecule has 0 spiro atoms. The molecule has 0 aliphatic rings. The van der Waals surface area contributed by atoms with Crippen LogP contribution in [0.5, 0.6) is 0 Å². The summed E-state index contributed by atoms with van der Waals surface area (Å²) >= 11 is 9.21. The lowest BCUT2D eigenvalue weighted by Gasteiger charge is -2.14. The van der Waals surface area contributed by atoms with Gasteiger partial charge in [-0.25, -0.2) is 4.79 Å². The van der Waals surface area contributed by atoms with E-state index in [1.165, 1.54) is 0 Å². The summed E-state index contributed by atoms with van der Waals surface area (Å²) in [6.07, 6.45) is 0. The first kappa shape index (κ1) is 17.5. The van der Waals surface area contributed by atoms with E-state index in [0.717, 1.165) is 10.0 Å². The quantitative estimate of drug-likeness (QED) is 0.773. The Morgan fingerprint density at radius 1 is 1.22 bits per heavy atom. The van der Waals surface area contributed by atoms with Crippen LogP contribution in [0, 0.1) is 0 Å². The minimum atomic E-state index is -0.539. The SMILES string of the molecule is C[C@@H](NC(=O)COC(=O)c1ccc(Br)cc1)c1cccc(Cl)c1. The molecule has 0 aromatic heterocycles. The van der Waals surface area contributed by atoms with Gasteiger partial charge in [-0.05, 0) is 48.9 Å². The van der Waals surface area contributed by atoms with Crippen LogP contribution >= 0.6 is 27.5 Å². The average molecular weight is 397 g/mol. The molecule has 6 heteroatoms. The molecule has 0 heterocycles. The summed E-state index contributed by atoms with van der Waals surface area (Å²) < 4.78 is 5.86. The predicted octanol–water partition coefficient (Wildman–Crippen LogP) is 4.14. The Morgan fingerprint density at radius 3 is 2.57 bits per heavy atom. The third kappa shape index (κ3) is 5.37. The molecule has 1 amide bonds. The van der Waals surface area contributed by atoms with E-state index >= 15 is 0 Å². The molecule has 2 rings (SSSR count). The molecule has 4 nitrogen and oxygen atoms in total. The highest BCUT2D eigenvalue weighted by Crippen LogP contribution is 2.17. The number of amides is 1. The Hall–Kier alpha value is -1.85. The normalized spacial score (nSPS) is 11.6. The van der Waals surface area contributed by atoms with Gasteiger partial charge in [0.2, 0.25) is 0 Å².